The summed E-state index contributed by atoms with van der Waals surface area (Å²) in [6.07, 6.45) is 0.942. The molecule has 2 aromatic rings. The zero-order valence-corrected chi connectivity index (χ0v) is 14.3. The molecule has 0 radical (unpaired) electrons. The van der Waals surface area contributed by atoms with E-state index in [1.807, 2.05) is 45.3 Å². The van der Waals surface area contributed by atoms with Crippen LogP contribution >= 0.6 is 0 Å². The lowest BCUT2D eigenvalue weighted by atomic mass is 10.1. The second-order valence-corrected chi connectivity index (χ2v) is 5.75. The number of aromatic nitrogens is 1. The minimum atomic E-state index is 0.596. The Morgan fingerprint density at radius 3 is 2.67 bits per heavy atom. The summed E-state index contributed by atoms with van der Waals surface area (Å²) in [5, 5.41) is 8.95. The summed E-state index contributed by atoms with van der Waals surface area (Å²) in [5.74, 6) is 6.82. The molecule has 1 aromatic heterocycles. The maximum Gasteiger partial charge on any atom is 0.155 e. The van der Waals surface area contributed by atoms with Crippen LogP contribution in [0.2, 0.25) is 0 Å². The molecule has 0 amide bonds. The quantitative estimate of drug-likeness (QED) is 0.628. The van der Waals surface area contributed by atoms with Crippen LogP contribution in [0, 0.1) is 30.1 Å². The molecule has 4 nitrogen and oxygen atoms in total. The normalized spacial score (nSPS) is 9.96. The van der Waals surface area contributed by atoms with Gasteiger partial charge in [-0.05, 0) is 63.7 Å². The summed E-state index contributed by atoms with van der Waals surface area (Å²) in [7, 11) is 4.08. The maximum atomic E-state index is 8.95. The zero-order chi connectivity index (χ0) is 17.4. The summed E-state index contributed by atoms with van der Waals surface area (Å²) in [4.78, 5) is 6.60. The molecule has 4 heteroatoms. The van der Waals surface area contributed by atoms with Crippen LogP contribution in [0.15, 0.2) is 36.4 Å². The molecule has 0 aliphatic carbocycles. The number of hydrogen-bond donors (Lipinski definition) is 0. The molecule has 0 atom stereocenters. The Bertz CT molecular complexity index is 795. The largest absolute Gasteiger partial charge is 0.491 e. The van der Waals surface area contributed by atoms with Gasteiger partial charge in [0.05, 0.1) is 18.2 Å². The van der Waals surface area contributed by atoms with Crippen molar-refractivity contribution in [3.63, 3.8) is 0 Å². The van der Waals surface area contributed by atoms with Gasteiger partial charge in [-0.3, -0.25) is 0 Å². The molecule has 1 heterocycles. The number of ether oxygens (including phenoxy) is 1. The Labute approximate surface area is 143 Å². The lowest BCUT2D eigenvalue weighted by Crippen LogP contribution is -2.15. The van der Waals surface area contributed by atoms with Crippen molar-refractivity contribution in [1.82, 2.24) is 9.88 Å². The fourth-order valence-electron chi connectivity index (χ4n) is 2.11. The lowest BCUT2D eigenvalue weighted by molar-refractivity contribution is 0.280. The lowest BCUT2D eigenvalue weighted by Gasteiger charge is -2.11. The standard InChI is InChI=1S/C20H21N3O/c1-16-8-11-20(24-13-5-12-23(2)3)19(22-16)10-9-17-6-4-7-18(14-17)15-21/h4,6-8,11,14H,5,12-13H2,1-3H3. The first-order chi connectivity index (χ1) is 11.6. The third-order valence-corrected chi connectivity index (χ3v) is 3.32. The van der Waals surface area contributed by atoms with Crippen LogP contribution in [0.1, 0.15) is 28.9 Å². The van der Waals surface area contributed by atoms with Crippen molar-refractivity contribution in [3.8, 4) is 23.7 Å². The van der Waals surface area contributed by atoms with Gasteiger partial charge < -0.3 is 9.64 Å². The fraction of sp³-hybridized carbons (Fsp3) is 0.300. The summed E-state index contributed by atoms with van der Waals surface area (Å²) < 4.78 is 5.83. The molecule has 0 aliphatic rings. The minimum absolute atomic E-state index is 0.596. The van der Waals surface area contributed by atoms with Crippen LogP contribution < -0.4 is 4.74 Å². The second kappa shape index (κ2) is 8.72. The van der Waals surface area contributed by atoms with Gasteiger partial charge in [0, 0.05) is 17.8 Å². The van der Waals surface area contributed by atoms with Crippen molar-refractivity contribution in [2.45, 2.75) is 13.3 Å². The Hall–Kier alpha value is -2.82. The summed E-state index contributed by atoms with van der Waals surface area (Å²) in [6.45, 7) is 3.53. The van der Waals surface area contributed by atoms with E-state index >= 15 is 0 Å². The van der Waals surface area contributed by atoms with E-state index in [9.17, 15) is 0 Å². The van der Waals surface area contributed by atoms with Gasteiger partial charge in [-0.25, -0.2) is 4.98 Å². The SMILES string of the molecule is Cc1ccc(OCCCN(C)C)c(C#Cc2cccc(C#N)c2)n1. The van der Waals surface area contributed by atoms with E-state index in [2.05, 4.69) is 27.8 Å². The Kier molecular flexibility index (Phi) is 6.37. The van der Waals surface area contributed by atoms with Crippen LogP contribution in [-0.4, -0.2) is 37.1 Å². The van der Waals surface area contributed by atoms with Crippen molar-refractivity contribution in [2.75, 3.05) is 27.2 Å². The number of nitrogens with zero attached hydrogens (tertiary/aromatic N) is 3. The third kappa shape index (κ3) is 5.43. The average molecular weight is 319 g/mol. The highest BCUT2D eigenvalue weighted by atomic mass is 16.5. The fourth-order valence-corrected chi connectivity index (χ4v) is 2.11. The molecule has 0 aliphatic heterocycles. The van der Waals surface area contributed by atoms with Crippen molar-refractivity contribution >= 4 is 0 Å². The first kappa shape index (κ1) is 17.5. The van der Waals surface area contributed by atoms with E-state index in [-0.39, 0.29) is 0 Å². The predicted molar refractivity (Wildman–Crippen MR) is 94.8 cm³/mol. The van der Waals surface area contributed by atoms with E-state index < -0.39 is 0 Å². The highest BCUT2D eigenvalue weighted by Crippen LogP contribution is 2.16. The zero-order valence-electron chi connectivity index (χ0n) is 14.3. The smallest absolute Gasteiger partial charge is 0.155 e. The monoisotopic (exact) mass is 319 g/mol. The van der Waals surface area contributed by atoms with Gasteiger partial charge in [0.15, 0.2) is 11.4 Å². The number of benzene rings is 1. The van der Waals surface area contributed by atoms with E-state index in [4.69, 9.17) is 10.00 Å². The molecule has 0 saturated heterocycles. The number of nitriles is 1. The van der Waals surface area contributed by atoms with Crippen LogP contribution in [0.3, 0.4) is 0 Å². The summed E-state index contributed by atoms with van der Waals surface area (Å²) in [6, 6.07) is 13.2. The Morgan fingerprint density at radius 2 is 1.92 bits per heavy atom. The second-order valence-electron chi connectivity index (χ2n) is 5.75. The Balaban J connectivity index is 2.16. The minimum Gasteiger partial charge on any atom is -0.491 e. The number of aryl methyl sites for hydroxylation is 1. The van der Waals surface area contributed by atoms with Gasteiger partial charge in [-0.15, -0.1) is 0 Å². The van der Waals surface area contributed by atoms with Gasteiger partial charge in [-0.1, -0.05) is 12.0 Å². The molecule has 2 rings (SSSR count). The Morgan fingerprint density at radius 1 is 1.12 bits per heavy atom. The highest BCUT2D eigenvalue weighted by Gasteiger charge is 2.04. The predicted octanol–water partition coefficient (Wildman–Crippen LogP) is 2.99. The van der Waals surface area contributed by atoms with Gasteiger partial charge in [0.2, 0.25) is 0 Å². The molecule has 0 fully saturated rings. The van der Waals surface area contributed by atoms with Gasteiger partial charge >= 0.3 is 0 Å². The van der Waals surface area contributed by atoms with Crippen molar-refractivity contribution < 1.29 is 4.74 Å². The maximum absolute atomic E-state index is 8.95. The van der Waals surface area contributed by atoms with Gasteiger partial charge in [0.1, 0.15) is 0 Å². The van der Waals surface area contributed by atoms with E-state index in [0.29, 0.717) is 23.6 Å². The number of pyridine rings is 1. The third-order valence-electron chi connectivity index (χ3n) is 3.32. The van der Waals surface area contributed by atoms with Crippen LogP contribution in [-0.2, 0) is 0 Å². The van der Waals surface area contributed by atoms with Crippen molar-refractivity contribution in [3.05, 3.63) is 58.9 Å². The molecule has 1 aromatic carbocycles. The van der Waals surface area contributed by atoms with E-state index in [0.717, 1.165) is 24.2 Å². The molecule has 0 N–H and O–H groups in total. The molecule has 24 heavy (non-hydrogen) atoms. The van der Waals surface area contributed by atoms with E-state index in [1.165, 1.54) is 0 Å². The van der Waals surface area contributed by atoms with Gasteiger partial charge in [-0.2, -0.15) is 5.26 Å². The first-order valence-electron chi connectivity index (χ1n) is 7.86. The van der Waals surface area contributed by atoms with E-state index in [1.54, 1.807) is 12.1 Å². The van der Waals surface area contributed by atoms with Crippen LogP contribution in [0.4, 0.5) is 0 Å². The molecule has 122 valence electrons. The topological polar surface area (TPSA) is 49.1 Å². The van der Waals surface area contributed by atoms with Crippen molar-refractivity contribution in [2.24, 2.45) is 0 Å². The molecule has 0 bridgehead atoms. The molecular formula is C20H21N3O. The summed E-state index contributed by atoms with van der Waals surface area (Å²) >= 11 is 0. The van der Waals surface area contributed by atoms with Crippen LogP contribution in [0.25, 0.3) is 0 Å². The number of rotatable bonds is 5. The molecule has 0 unspecified atom stereocenters. The molecule has 0 spiro atoms. The van der Waals surface area contributed by atoms with Crippen LogP contribution in [0.5, 0.6) is 5.75 Å². The van der Waals surface area contributed by atoms with Gasteiger partial charge in [0.25, 0.3) is 0 Å². The molecule has 0 saturated carbocycles. The first-order valence-corrected chi connectivity index (χ1v) is 7.86. The van der Waals surface area contributed by atoms with Crippen molar-refractivity contribution in [1.29, 1.82) is 5.26 Å². The summed E-state index contributed by atoms with van der Waals surface area (Å²) in [5.41, 5.74) is 2.91. The highest BCUT2D eigenvalue weighted by molar-refractivity contribution is 5.48. The average Bonchev–Trinajstić information content (AvgIpc) is 2.58. The molecular weight excluding hydrogens is 298 g/mol. The number of hydrogen-bond acceptors (Lipinski definition) is 4.